The number of amides is 1. The molecule has 1 N–H and O–H groups in total. The summed E-state index contributed by atoms with van der Waals surface area (Å²) >= 11 is 0. The van der Waals surface area contributed by atoms with Gasteiger partial charge in [0.1, 0.15) is 11.5 Å². The molecule has 2 aromatic rings. The number of nitrogens with one attached hydrogen (secondary N) is 1. The lowest BCUT2D eigenvalue weighted by molar-refractivity contribution is 0.102. The summed E-state index contributed by atoms with van der Waals surface area (Å²) in [6.45, 7) is 7.86. The Balaban J connectivity index is 1.95. The van der Waals surface area contributed by atoms with Crippen LogP contribution < -0.4 is 5.32 Å². The Hall–Kier alpha value is -2.55. The van der Waals surface area contributed by atoms with E-state index in [1.54, 1.807) is 0 Å². The Labute approximate surface area is 124 Å². The number of hydrogen-bond donors (Lipinski definition) is 1. The highest BCUT2D eigenvalue weighted by atomic mass is 16.3. The molecular weight excluding hydrogens is 262 g/mol. The highest BCUT2D eigenvalue weighted by Gasteiger charge is 2.25. The van der Waals surface area contributed by atoms with Crippen LogP contribution in [0.5, 0.6) is 0 Å². The Bertz CT molecular complexity index is 748. The fourth-order valence-corrected chi connectivity index (χ4v) is 2.55. The van der Waals surface area contributed by atoms with E-state index in [2.05, 4.69) is 11.9 Å². The van der Waals surface area contributed by atoms with Crippen LogP contribution in [0.4, 0.5) is 5.69 Å². The fraction of sp³-hybridized carbons (Fsp3) is 0.167. The molecule has 0 fully saturated rings. The number of hydrogen-bond acceptors (Lipinski definition) is 2. The van der Waals surface area contributed by atoms with Crippen molar-refractivity contribution in [1.29, 1.82) is 0 Å². The summed E-state index contributed by atoms with van der Waals surface area (Å²) in [5, 5.41) is 2.92. The SMILES string of the molecule is C=C1CC=Cc2oc(C)c(C(=O)Nc3ccc(C)cc3)c21. The first-order chi connectivity index (χ1) is 10.1. The first-order valence-corrected chi connectivity index (χ1v) is 6.92. The van der Waals surface area contributed by atoms with Crippen molar-refractivity contribution in [3.8, 4) is 0 Å². The van der Waals surface area contributed by atoms with Gasteiger partial charge in [0, 0.05) is 11.3 Å². The number of rotatable bonds is 2. The van der Waals surface area contributed by atoms with Gasteiger partial charge < -0.3 is 9.73 Å². The molecule has 1 aliphatic carbocycles. The van der Waals surface area contributed by atoms with Crippen LogP contribution in [0.1, 0.15) is 39.4 Å². The van der Waals surface area contributed by atoms with E-state index in [4.69, 9.17) is 4.42 Å². The van der Waals surface area contributed by atoms with E-state index >= 15 is 0 Å². The second-order valence-electron chi connectivity index (χ2n) is 5.30. The molecule has 1 aromatic carbocycles. The van der Waals surface area contributed by atoms with Gasteiger partial charge in [-0.05, 0) is 44.1 Å². The summed E-state index contributed by atoms with van der Waals surface area (Å²) in [6.07, 6.45) is 4.64. The largest absolute Gasteiger partial charge is 0.461 e. The molecule has 0 aliphatic heterocycles. The highest BCUT2D eigenvalue weighted by Crippen LogP contribution is 2.34. The molecule has 0 saturated carbocycles. The number of carbonyl (C=O) groups is 1. The number of benzene rings is 1. The predicted octanol–water partition coefficient (Wildman–Crippen LogP) is 4.58. The van der Waals surface area contributed by atoms with Gasteiger partial charge >= 0.3 is 0 Å². The monoisotopic (exact) mass is 279 g/mol. The fourth-order valence-electron chi connectivity index (χ4n) is 2.55. The predicted molar refractivity (Wildman–Crippen MR) is 85.3 cm³/mol. The van der Waals surface area contributed by atoms with Gasteiger partial charge in [0.2, 0.25) is 0 Å². The van der Waals surface area contributed by atoms with Crippen molar-refractivity contribution < 1.29 is 9.21 Å². The van der Waals surface area contributed by atoms with Crippen LogP contribution in [0, 0.1) is 13.8 Å². The maximum atomic E-state index is 12.6. The van der Waals surface area contributed by atoms with Gasteiger partial charge in [-0.2, -0.15) is 0 Å². The van der Waals surface area contributed by atoms with Crippen molar-refractivity contribution in [2.75, 3.05) is 5.32 Å². The maximum absolute atomic E-state index is 12.6. The molecule has 0 atom stereocenters. The molecule has 3 heteroatoms. The van der Waals surface area contributed by atoms with E-state index in [1.807, 2.05) is 50.3 Å². The van der Waals surface area contributed by atoms with Crippen LogP contribution in [-0.2, 0) is 0 Å². The minimum Gasteiger partial charge on any atom is -0.461 e. The Kier molecular flexibility index (Phi) is 3.26. The number of fused-ring (bicyclic) bond motifs is 1. The van der Waals surface area contributed by atoms with Gasteiger partial charge in [0.25, 0.3) is 5.91 Å². The van der Waals surface area contributed by atoms with Crippen molar-refractivity contribution in [3.05, 3.63) is 65.1 Å². The molecule has 0 saturated heterocycles. The number of carbonyl (C=O) groups excluding carboxylic acids is 1. The lowest BCUT2D eigenvalue weighted by Gasteiger charge is -2.10. The molecule has 106 valence electrons. The minimum absolute atomic E-state index is 0.155. The normalized spacial score (nSPS) is 13.1. The van der Waals surface area contributed by atoms with Crippen LogP contribution in [0.25, 0.3) is 11.6 Å². The molecule has 3 rings (SSSR count). The molecule has 0 unspecified atom stereocenters. The lowest BCUT2D eigenvalue weighted by atomic mass is 9.94. The van der Waals surface area contributed by atoms with Crippen LogP contribution in [0.3, 0.4) is 0 Å². The third-order valence-corrected chi connectivity index (χ3v) is 3.64. The molecule has 0 radical (unpaired) electrons. The van der Waals surface area contributed by atoms with Crippen LogP contribution in [0.2, 0.25) is 0 Å². The Morgan fingerprint density at radius 1 is 1.24 bits per heavy atom. The summed E-state index contributed by atoms with van der Waals surface area (Å²) in [6, 6.07) is 7.72. The van der Waals surface area contributed by atoms with Gasteiger partial charge in [-0.15, -0.1) is 0 Å². The summed E-state index contributed by atoms with van der Waals surface area (Å²) in [4.78, 5) is 12.6. The number of furan rings is 1. The summed E-state index contributed by atoms with van der Waals surface area (Å²) < 4.78 is 5.68. The van der Waals surface area contributed by atoms with E-state index in [1.165, 1.54) is 0 Å². The van der Waals surface area contributed by atoms with Crippen LogP contribution >= 0.6 is 0 Å². The second-order valence-corrected chi connectivity index (χ2v) is 5.30. The molecule has 21 heavy (non-hydrogen) atoms. The van der Waals surface area contributed by atoms with E-state index in [0.29, 0.717) is 11.3 Å². The topological polar surface area (TPSA) is 42.2 Å². The average Bonchev–Trinajstić information content (AvgIpc) is 2.79. The van der Waals surface area contributed by atoms with Crippen molar-refractivity contribution in [3.63, 3.8) is 0 Å². The lowest BCUT2D eigenvalue weighted by Crippen LogP contribution is -2.14. The Morgan fingerprint density at radius 2 is 1.95 bits per heavy atom. The van der Waals surface area contributed by atoms with Crippen molar-refractivity contribution in [2.24, 2.45) is 0 Å². The van der Waals surface area contributed by atoms with Gasteiger partial charge in [0.15, 0.2) is 0 Å². The third kappa shape index (κ3) is 2.42. The highest BCUT2D eigenvalue weighted by molar-refractivity contribution is 6.09. The van der Waals surface area contributed by atoms with E-state index < -0.39 is 0 Å². The quantitative estimate of drug-likeness (QED) is 0.874. The van der Waals surface area contributed by atoms with Gasteiger partial charge in [-0.1, -0.05) is 30.4 Å². The molecule has 1 amide bonds. The zero-order valence-corrected chi connectivity index (χ0v) is 12.2. The van der Waals surface area contributed by atoms with Crippen LogP contribution in [-0.4, -0.2) is 5.91 Å². The second kappa shape index (κ2) is 5.09. The molecule has 0 spiro atoms. The molecular formula is C18H17NO2. The van der Waals surface area contributed by atoms with Crippen molar-refractivity contribution in [2.45, 2.75) is 20.3 Å². The van der Waals surface area contributed by atoms with E-state index in [0.717, 1.165) is 34.6 Å². The first-order valence-electron chi connectivity index (χ1n) is 6.92. The maximum Gasteiger partial charge on any atom is 0.259 e. The average molecular weight is 279 g/mol. The summed E-state index contributed by atoms with van der Waals surface area (Å²) in [5.41, 5.74) is 4.26. The molecule has 1 aliphatic rings. The number of allylic oxidation sites excluding steroid dienone is 2. The molecule has 1 aromatic heterocycles. The smallest absolute Gasteiger partial charge is 0.259 e. The van der Waals surface area contributed by atoms with Gasteiger partial charge in [0.05, 0.1) is 5.56 Å². The number of aryl methyl sites for hydroxylation is 2. The van der Waals surface area contributed by atoms with Crippen LogP contribution in [0.15, 0.2) is 41.3 Å². The number of anilines is 1. The summed E-state index contributed by atoms with van der Waals surface area (Å²) in [7, 11) is 0. The minimum atomic E-state index is -0.155. The zero-order chi connectivity index (χ0) is 15.0. The van der Waals surface area contributed by atoms with Gasteiger partial charge in [-0.3, -0.25) is 4.79 Å². The van der Waals surface area contributed by atoms with Crippen molar-refractivity contribution >= 4 is 23.2 Å². The standard InChI is InChI=1S/C18H17NO2/c1-11-7-9-14(10-8-11)19-18(20)17-13(3)21-15-6-4-5-12(2)16(15)17/h4,6-10H,2,5H2,1,3H3,(H,19,20). The molecule has 1 heterocycles. The zero-order valence-electron chi connectivity index (χ0n) is 12.2. The van der Waals surface area contributed by atoms with Gasteiger partial charge in [-0.25, -0.2) is 0 Å². The van der Waals surface area contributed by atoms with Crippen molar-refractivity contribution in [1.82, 2.24) is 0 Å². The molecule has 3 nitrogen and oxygen atoms in total. The summed E-state index contributed by atoms with van der Waals surface area (Å²) in [5.74, 6) is 1.19. The van der Waals surface area contributed by atoms with E-state index in [-0.39, 0.29) is 5.91 Å². The third-order valence-electron chi connectivity index (χ3n) is 3.64. The van der Waals surface area contributed by atoms with E-state index in [9.17, 15) is 4.79 Å². The first kappa shape index (κ1) is 13.4. The Morgan fingerprint density at radius 3 is 2.67 bits per heavy atom. The molecule has 0 bridgehead atoms.